The van der Waals surface area contributed by atoms with Crippen LogP contribution in [0.5, 0.6) is 5.75 Å². The number of hydrogen-bond acceptors (Lipinski definition) is 4. The molecule has 0 radical (unpaired) electrons. The lowest BCUT2D eigenvalue weighted by Crippen LogP contribution is -2.29. The molecule has 2 aromatic rings. The molecule has 5 nitrogen and oxygen atoms in total. The van der Waals surface area contributed by atoms with Crippen LogP contribution in [0.3, 0.4) is 0 Å². The number of para-hydroxylation sites is 1. The van der Waals surface area contributed by atoms with Crippen molar-refractivity contribution in [2.75, 3.05) is 7.11 Å². The molecule has 0 spiro atoms. The van der Waals surface area contributed by atoms with Crippen LogP contribution >= 0.6 is 12.2 Å². The monoisotopic (exact) mass is 314 g/mol. The first-order valence-electron chi connectivity index (χ1n) is 6.69. The van der Waals surface area contributed by atoms with Crippen molar-refractivity contribution < 1.29 is 13.9 Å². The first-order valence-corrected chi connectivity index (χ1v) is 7.10. The normalized spacial score (nSPS) is 16.2. The summed E-state index contributed by atoms with van der Waals surface area (Å²) in [4.78, 5) is 13.9. The van der Waals surface area contributed by atoms with Crippen molar-refractivity contribution in [3.8, 4) is 5.75 Å². The maximum atomic E-state index is 12.5. The highest BCUT2D eigenvalue weighted by atomic mass is 32.1. The highest BCUT2D eigenvalue weighted by Crippen LogP contribution is 2.23. The van der Waals surface area contributed by atoms with Crippen molar-refractivity contribution in [2.24, 2.45) is 0 Å². The molecule has 1 fully saturated rings. The van der Waals surface area contributed by atoms with Crippen LogP contribution in [0, 0.1) is 0 Å². The van der Waals surface area contributed by atoms with E-state index in [-0.39, 0.29) is 5.91 Å². The van der Waals surface area contributed by atoms with E-state index in [0.717, 1.165) is 5.56 Å². The number of ether oxygens (including phenoxy) is 1. The summed E-state index contributed by atoms with van der Waals surface area (Å²) in [7, 11) is 1.59. The number of benzene rings is 1. The van der Waals surface area contributed by atoms with E-state index in [2.05, 4.69) is 5.32 Å². The second kappa shape index (κ2) is 6.03. The molecule has 1 N–H and O–H groups in total. The minimum Gasteiger partial charge on any atom is -0.496 e. The third-order valence-electron chi connectivity index (χ3n) is 3.30. The van der Waals surface area contributed by atoms with E-state index >= 15 is 0 Å². The maximum Gasteiger partial charge on any atom is 0.276 e. The molecule has 6 heteroatoms. The number of furan rings is 1. The van der Waals surface area contributed by atoms with Crippen LogP contribution < -0.4 is 10.1 Å². The highest BCUT2D eigenvalue weighted by molar-refractivity contribution is 7.80. The van der Waals surface area contributed by atoms with E-state index in [1.54, 1.807) is 31.6 Å². The lowest BCUT2D eigenvalue weighted by atomic mass is 10.1. The maximum absolute atomic E-state index is 12.5. The Morgan fingerprint density at radius 3 is 2.86 bits per heavy atom. The van der Waals surface area contributed by atoms with Gasteiger partial charge in [0.25, 0.3) is 5.91 Å². The van der Waals surface area contributed by atoms with Gasteiger partial charge in [0.2, 0.25) is 0 Å². The predicted molar refractivity (Wildman–Crippen MR) is 86.0 cm³/mol. The number of thiocarbonyl (C=S) groups is 1. The predicted octanol–water partition coefficient (Wildman–Crippen LogP) is 2.55. The van der Waals surface area contributed by atoms with E-state index in [0.29, 0.717) is 28.9 Å². The SMILES string of the molecule is COc1ccccc1/C=C1/NC(=S)N(Cc2ccco2)C1=O. The van der Waals surface area contributed by atoms with Crippen LogP contribution in [-0.2, 0) is 11.3 Å². The molecule has 1 saturated heterocycles. The van der Waals surface area contributed by atoms with Crippen molar-refractivity contribution in [2.45, 2.75) is 6.54 Å². The van der Waals surface area contributed by atoms with Gasteiger partial charge in [-0.25, -0.2) is 0 Å². The van der Waals surface area contributed by atoms with Crippen LogP contribution in [0.4, 0.5) is 0 Å². The second-order valence-electron chi connectivity index (χ2n) is 4.70. The Balaban J connectivity index is 1.85. The van der Waals surface area contributed by atoms with Crippen LogP contribution in [0.1, 0.15) is 11.3 Å². The molecule has 0 bridgehead atoms. The number of carbonyl (C=O) groups is 1. The third kappa shape index (κ3) is 2.73. The van der Waals surface area contributed by atoms with E-state index in [4.69, 9.17) is 21.4 Å². The first kappa shape index (κ1) is 14.3. The molecular weight excluding hydrogens is 300 g/mol. The largest absolute Gasteiger partial charge is 0.496 e. The summed E-state index contributed by atoms with van der Waals surface area (Å²) in [6.07, 6.45) is 3.30. The Kier molecular flexibility index (Phi) is 3.93. The number of nitrogens with one attached hydrogen (secondary N) is 1. The average Bonchev–Trinajstić information content (AvgIpc) is 3.12. The zero-order chi connectivity index (χ0) is 15.5. The molecule has 22 heavy (non-hydrogen) atoms. The van der Waals surface area contributed by atoms with Gasteiger partial charge in [0.15, 0.2) is 5.11 Å². The van der Waals surface area contributed by atoms with Crippen molar-refractivity contribution in [3.63, 3.8) is 0 Å². The fraction of sp³-hybridized carbons (Fsp3) is 0.125. The Labute approximate surface area is 133 Å². The molecule has 0 aliphatic carbocycles. The van der Waals surface area contributed by atoms with Crippen LogP contribution in [0.2, 0.25) is 0 Å². The molecule has 1 aromatic heterocycles. The number of hydrogen-bond donors (Lipinski definition) is 1. The zero-order valence-electron chi connectivity index (χ0n) is 11.9. The lowest BCUT2D eigenvalue weighted by molar-refractivity contribution is -0.122. The standard InChI is InChI=1S/C16H14N2O3S/c1-20-14-7-3-2-5-11(14)9-13-15(19)18(16(22)17-13)10-12-6-4-8-21-12/h2-9H,10H2,1H3,(H,17,22)/b13-9+. The number of rotatable bonds is 4. The van der Waals surface area contributed by atoms with Crippen LogP contribution in [-0.4, -0.2) is 23.0 Å². The summed E-state index contributed by atoms with van der Waals surface area (Å²) in [5.74, 6) is 1.18. The molecule has 1 amide bonds. The second-order valence-corrected chi connectivity index (χ2v) is 5.09. The molecule has 0 unspecified atom stereocenters. The van der Waals surface area contributed by atoms with Crippen molar-refractivity contribution in [1.82, 2.24) is 10.2 Å². The molecule has 112 valence electrons. The average molecular weight is 314 g/mol. The van der Waals surface area contributed by atoms with Crippen molar-refractivity contribution >= 4 is 29.3 Å². The highest BCUT2D eigenvalue weighted by Gasteiger charge is 2.31. The molecule has 1 aliphatic rings. The Morgan fingerprint density at radius 2 is 2.14 bits per heavy atom. The lowest BCUT2D eigenvalue weighted by Gasteiger charge is -2.11. The number of nitrogens with zero attached hydrogens (tertiary/aromatic N) is 1. The third-order valence-corrected chi connectivity index (χ3v) is 3.62. The van der Waals surface area contributed by atoms with Crippen LogP contribution in [0.15, 0.2) is 52.8 Å². The van der Waals surface area contributed by atoms with Gasteiger partial charge < -0.3 is 14.5 Å². The smallest absolute Gasteiger partial charge is 0.276 e. The Bertz CT molecular complexity index is 738. The molecule has 1 aromatic carbocycles. The molecule has 2 heterocycles. The fourth-order valence-electron chi connectivity index (χ4n) is 2.21. The summed E-state index contributed by atoms with van der Waals surface area (Å²) in [5, 5.41) is 3.30. The quantitative estimate of drug-likeness (QED) is 0.694. The molecule has 1 aliphatic heterocycles. The minimum atomic E-state index is -0.188. The van der Waals surface area contributed by atoms with Gasteiger partial charge in [0.1, 0.15) is 17.2 Å². The summed E-state index contributed by atoms with van der Waals surface area (Å²) in [5.41, 5.74) is 1.23. The minimum absolute atomic E-state index is 0.188. The van der Waals surface area contributed by atoms with Gasteiger partial charge in [-0.2, -0.15) is 0 Å². The topological polar surface area (TPSA) is 54.7 Å². The summed E-state index contributed by atoms with van der Waals surface area (Å²) in [6, 6.07) is 11.0. The number of amides is 1. The van der Waals surface area contributed by atoms with E-state index in [1.165, 1.54) is 4.90 Å². The van der Waals surface area contributed by atoms with Gasteiger partial charge >= 0.3 is 0 Å². The summed E-state index contributed by atoms with van der Waals surface area (Å²) < 4.78 is 10.5. The van der Waals surface area contributed by atoms with E-state index in [1.807, 2.05) is 24.3 Å². The zero-order valence-corrected chi connectivity index (χ0v) is 12.7. The van der Waals surface area contributed by atoms with Crippen molar-refractivity contribution in [1.29, 1.82) is 0 Å². The molecule has 0 atom stereocenters. The van der Waals surface area contributed by atoms with Crippen molar-refractivity contribution in [3.05, 3.63) is 59.7 Å². The first-order chi connectivity index (χ1) is 10.7. The van der Waals surface area contributed by atoms with Gasteiger partial charge in [0, 0.05) is 5.56 Å². The summed E-state index contributed by atoms with van der Waals surface area (Å²) in [6.45, 7) is 0.306. The van der Waals surface area contributed by atoms with Crippen LogP contribution in [0.25, 0.3) is 6.08 Å². The molecular formula is C16H14N2O3S. The molecule has 3 rings (SSSR count). The molecule has 0 saturated carbocycles. The van der Waals surface area contributed by atoms with Gasteiger partial charge in [-0.05, 0) is 36.5 Å². The summed E-state index contributed by atoms with van der Waals surface area (Å²) >= 11 is 5.23. The Hall–Kier alpha value is -2.60. The number of carbonyl (C=O) groups excluding carboxylic acids is 1. The fourth-order valence-corrected chi connectivity index (χ4v) is 2.47. The van der Waals surface area contributed by atoms with Gasteiger partial charge in [-0.3, -0.25) is 9.69 Å². The number of methoxy groups -OCH3 is 1. The van der Waals surface area contributed by atoms with Gasteiger partial charge in [-0.1, -0.05) is 18.2 Å². The van der Waals surface area contributed by atoms with Gasteiger partial charge in [-0.15, -0.1) is 0 Å². The Morgan fingerprint density at radius 1 is 1.32 bits per heavy atom. The van der Waals surface area contributed by atoms with Gasteiger partial charge in [0.05, 0.1) is 19.9 Å². The van der Waals surface area contributed by atoms with E-state index in [9.17, 15) is 4.79 Å². The van der Waals surface area contributed by atoms with E-state index < -0.39 is 0 Å².